The largest absolute Gasteiger partial charge is 0.541 e. The number of carbonyl (C=O) groups excluding carboxylic acids is 2. The van der Waals surface area contributed by atoms with Crippen LogP contribution in [-0.4, -0.2) is 53.6 Å². The highest BCUT2D eigenvalue weighted by atomic mass is 35.5. The zero-order chi connectivity index (χ0) is 21.6. The lowest BCUT2D eigenvalue weighted by atomic mass is 10.1. The van der Waals surface area contributed by atoms with Crippen molar-refractivity contribution in [3.8, 4) is 0 Å². The summed E-state index contributed by atoms with van der Waals surface area (Å²) >= 11 is 6.82. The first-order valence-corrected chi connectivity index (χ1v) is 9.09. The fraction of sp³-hybridized carbons (Fsp3) is 0.533. The third-order valence-corrected chi connectivity index (χ3v) is 4.00. The maximum atomic E-state index is 11.8. The van der Waals surface area contributed by atoms with E-state index in [9.17, 15) is 19.5 Å². The van der Waals surface area contributed by atoms with Gasteiger partial charge in [-0.05, 0) is 20.8 Å². The summed E-state index contributed by atoms with van der Waals surface area (Å²) in [7, 11) is 4.83. The molecule has 2 N–H and O–H groups in total. The number of aliphatic carboxylic acids is 1. The monoisotopic (exact) mass is 431 g/mol. The minimum atomic E-state index is -1.51. The van der Waals surface area contributed by atoms with Crippen molar-refractivity contribution in [2.75, 3.05) is 5.32 Å². The molecule has 2 radical (unpaired) electrons. The minimum absolute atomic E-state index is 0.00928. The van der Waals surface area contributed by atoms with Gasteiger partial charge in [0.05, 0.1) is 0 Å². The quantitative estimate of drug-likeness (QED) is 0.382. The molecule has 0 unspecified atom stereocenters. The highest BCUT2D eigenvalue weighted by molar-refractivity contribution is 7.20. The Kier molecular flexibility index (Phi) is 8.24. The predicted molar refractivity (Wildman–Crippen MR) is 103 cm³/mol. The molecule has 0 aliphatic carbocycles. The second kappa shape index (κ2) is 9.74. The molecule has 1 amide bonds. The standard InChI is InChI=1S/C15H19BClN3O7S/c1-6(2)9(12(23)26-16)27-20-8(11(21)22)7-10(17)28-13(18-7)19-14(24)25-15(3,4)5/h6,9H,1-5H3,(H,21,22)(H,18,19,24)/t9-/m0/s1. The predicted octanol–water partition coefficient (Wildman–Crippen LogP) is 2.60. The number of ether oxygens (including phenoxy) is 1. The van der Waals surface area contributed by atoms with Gasteiger partial charge in [0.1, 0.15) is 15.6 Å². The molecule has 0 aliphatic rings. The number of amides is 1. The molecule has 1 rings (SSSR count). The van der Waals surface area contributed by atoms with Gasteiger partial charge < -0.3 is 19.3 Å². The summed E-state index contributed by atoms with van der Waals surface area (Å²) in [6.07, 6.45) is -2.03. The van der Waals surface area contributed by atoms with Gasteiger partial charge in [-0.1, -0.05) is 41.9 Å². The van der Waals surface area contributed by atoms with Crippen LogP contribution in [0.2, 0.25) is 4.34 Å². The van der Waals surface area contributed by atoms with E-state index in [0.29, 0.717) is 0 Å². The average molecular weight is 432 g/mol. The topological polar surface area (TPSA) is 136 Å². The van der Waals surface area contributed by atoms with E-state index in [1.54, 1.807) is 34.6 Å². The summed E-state index contributed by atoms with van der Waals surface area (Å²) in [5, 5.41) is 15.2. The van der Waals surface area contributed by atoms with Crippen LogP contribution in [0.5, 0.6) is 0 Å². The highest BCUT2D eigenvalue weighted by Crippen LogP contribution is 2.29. The highest BCUT2D eigenvalue weighted by Gasteiger charge is 2.28. The molecule has 28 heavy (non-hydrogen) atoms. The molecule has 1 aromatic heterocycles. The number of carboxylic acid groups (broad SMARTS) is 1. The van der Waals surface area contributed by atoms with E-state index in [2.05, 4.69) is 20.1 Å². The maximum absolute atomic E-state index is 11.8. The Morgan fingerprint density at radius 2 is 1.93 bits per heavy atom. The number of anilines is 1. The number of nitrogens with zero attached hydrogens (tertiary/aromatic N) is 2. The number of halogens is 1. The van der Waals surface area contributed by atoms with E-state index < -0.39 is 41.4 Å². The Morgan fingerprint density at radius 3 is 2.39 bits per heavy atom. The van der Waals surface area contributed by atoms with Crippen molar-refractivity contribution in [2.45, 2.75) is 46.3 Å². The average Bonchev–Trinajstić information content (AvgIpc) is 2.88. The third-order valence-electron chi connectivity index (χ3n) is 2.83. The van der Waals surface area contributed by atoms with Crippen LogP contribution in [0.25, 0.3) is 0 Å². The molecule has 10 nitrogen and oxygen atoms in total. The van der Waals surface area contributed by atoms with E-state index in [4.69, 9.17) is 29.2 Å². The number of hydrogen-bond donors (Lipinski definition) is 2. The van der Waals surface area contributed by atoms with E-state index in [1.165, 1.54) is 0 Å². The molecule has 0 bridgehead atoms. The van der Waals surface area contributed by atoms with Crippen molar-refractivity contribution in [3.05, 3.63) is 10.0 Å². The summed E-state index contributed by atoms with van der Waals surface area (Å²) in [6, 6.07) is 0. The molecule has 0 saturated heterocycles. The Balaban J connectivity index is 3.09. The van der Waals surface area contributed by atoms with Gasteiger partial charge in [-0.2, -0.15) is 0 Å². The fourth-order valence-corrected chi connectivity index (χ4v) is 2.72. The van der Waals surface area contributed by atoms with E-state index in [1.807, 2.05) is 0 Å². The van der Waals surface area contributed by atoms with Gasteiger partial charge in [-0.25, -0.2) is 19.4 Å². The SMILES string of the molecule is [B]OC(=O)[C@@H](ON=C(C(=O)O)c1nc(NC(=O)OC(C)(C)C)sc1Cl)C(C)C. The summed E-state index contributed by atoms with van der Waals surface area (Å²) < 4.78 is 9.11. The second-order valence-electron chi connectivity index (χ2n) is 6.72. The van der Waals surface area contributed by atoms with Crippen LogP contribution in [0.3, 0.4) is 0 Å². The smallest absolute Gasteiger partial charge is 0.413 e. The van der Waals surface area contributed by atoms with Gasteiger partial charge in [0.15, 0.2) is 5.13 Å². The molecular weight excluding hydrogens is 413 g/mol. The summed E-state index contributed by atoms with van der Waals surface area (Å²) in [4.78, 5) is 43.9. The van der Waals surface area contributed by atoms with Crippen molar-refractivity contribution in [2.24, 2.45) is 11.1 Å². The number of carboxylic acids is 1. The van der Waals surface area contributed by atoms with E-state index >= 15 is 0 Å². The zero-order valence-electron chi connectivity index (χ0n) is 15.8. The Labute approximate surface area is 171 Å². The first-order valence-electron chi connectivity index (χ1n) is 7.90. The number of oxime groups is 1. The van der Waals surface area contributed by atoms with Crippen LogP contribution in [0.4, 0.5) is 9.93 Å². The van der Waals surface area contributed by atoms with Gasteiger partial charge in [0.25, 0.3) is 0 Å². The molecule has 1 heterocycles. The lowest BCUT2D eigenvalue weighted by molar-refractivity contribution is -0.150. The van der Waals surface area contributed by atoms with Crippen LogP contribution < -0.4 is 5.32 Å². The van der Waals surface area contributed by atoms with Gasteiger partial charge >= 0.3 is 26.1 Å². The number of hydrogen-bond acceptors (Lipinski definition) is 9. The fourth-order valence-electron chi connectivity index (χ4n) is 1.69. The van der Waals surface area contributed by atoms with Gasteiger partial charge in [0.2, 0.25) is 11.8 Å². The molecule has 0 aromatic carbocycles. The molecule has 1 aromatic rings. The van der Waals surface area contributed by atoms with E-state index in [0.717, 1.165) is 11.3 Å². The van der Waals surface area contributed by atoms with Crippen molar-refractivity contribution in [1.82, 2.24) is 4.98 Å². The normalized spacial score (nSPS) is 13.0. The molecule has 0 spiro atoms. The van der Waals surface area contributed by atoms with Crippen molar-refractivity contribution < 1.29 is 33.7 Å². The Hall–Kier alpha value is -2.34. The first kappa shape index (κ1) is 23.7. The summed E-state index contributed by atoms with van der Waals surface area (Å²) in [6.45, 7) is 8.27. The molecule has 1 atom stereocenters. The Bertz CT molecular complexity index is 776. The van der Waals surface area contributed by atoms with Gasteiger partial charge in [-0.15, -0.1) is 0 Å². The zero-order valence-corrected chi connectivity index (χ0v) is 17.4. The molecule has 0 saturated carbocycles. The minimum Gasteiger partial charge on any atom is -0.541 e. The van der Waals surface area contributed by atoms with Crippen LogP contribution in [0, 0.1) is 5.92 Å². The van der Waals surface area contributed by atoms with Crippen LogP contribution in [-0.2, 0) is 23.8 Å². The third kappa shape index (κ3) is 7.00. The molecule has 0 aliphatic heterocycles. The number of nitrogens with one attached hydrogen (secondary N) is 1. The number of carbonyl (C=O) groups is 3. The molecule has 13 heteroatoms. The molecular formula is C15H19BClN3O7S. The second-order valence-corrected chi connectivity index (χ2v) is 8.32. The summed E-state index contributed by atoms with van der Waals surface area (Å²) in [5.74, 6) is -2.86. The molecule has 0 fully saturated rings. The Morgan fingerprint density at radius 1 is 1.32 bits per heavy atom. The van der Waals surface area contributed by atoms with Crippen LogP contribution in [0.15, 0.2) is 5.16 Å². The van der Waals surface area contributed by atoms with Crippen molar-refractivity contribution >= 4 is 59.9 Å². The van der Waals surface area contributed by atoms with Gasteiger partial charge in [0, 0.05) is 5.92 Å². The maximum Gasteiger partial charge on any atom is 0.413 e. The number of rotatable bonds is 7. The van der Waals surface area contributed by atoms with E-state index in [-0.39, 0.29) is 15.2 Å². The molecule has 152 valence electrons. The van der Waals surface area contributed by atoms with Crippen molar-refractivity contribution in [1.29, 1.82) is 0 Å². The number of aromatic nitrogens is 1. The first-order chi connectivity index (χ1) is 12.9. The van der Waals surface area contributed by atoms with Crippen LogP contribution >= 0.6 is 22.9 Å². The van der Waals surface area contributed by atoms with Crippen molar-refractivity contribution in [3.63, 3.8) is 0 Å². The summed E-state index contributed by atoms with van der Waals surface area (Å²) in [5.41, 5.74) is -1.67. The van der Waals surface area contributed by atoms with Crippen LogP contribution in [0.1, 0.15) is 40.3 Å². The lowest BCUT2D eigenvalue weighted by Crippen LogP contribution is -2.30. The van der Waals surface area contributed by atoms with Gasteiger partial charge in [-0.3, -0.25) is 5.32 Å². The lowest BCUT2D eigenvalue weighted by Gasteiger charge is -2.18. The number of thiazole rings is 1.